The third-order valence-corrected chi connectivity index (χ3v) is 4.50. The van der Waals surface area contributed by atoms with E-state index in [1.807, 2.05) is 18.3 Å². The van der Waals surface area contributed by atoms with E-state index in [9.17, 15) is 0 Å². The Labute approximate surface area is 131 Å². The molecule has 1 aliphatic heterocycles. The molecule has 3 heteroatoms. The molecule has 0 unspecified atom stereocenters. The quantitative estimate of drug-likeness (QED) is 0.814. The topological polar surface area (TPSA) is 29.0 Å². The van der Waals surface area contributed by atoms with Crippen molar-refractivity contribution >= 4 is 0 Å². The van der Waals surface area contributed by atoms with Gasteiger partial charge in [-0.05, 0) is 30.5 Å². The molecular formula is C19H19N3. The highest BCUT2D eigenvalue weighted by molar-refractivity contribution is 5.34. The molecule has 4 rings (SSSR count). The molecule has 0 radical (unpaired) electrons. The molecule has 2 aromatic rings. The number of aromatic nitrogens is 2. The maximum atomic E-state index is 5.40. The third-order valence-electron chi connectivity index (χ3n) is 4.50. The molecule has 0 atom stereocenters. The molecule has 1 aliphatic carbocycles. The monoisotopic (exact) mass is 289 g/mol. The maximum Gasteiger partial charge on any atom is 0.131 e. The highest BCUT2D eigenvalue weighted by Crippen LogP contribution is 2.38. The molecule has 22 heavy (non-hydrogen) atoms. The Balaban J connectivity index is 1.46. The normalized spacial score (nSPS) is 17.8. The number of terminal acetylenes is 1. The van der Waals surface area contributed by atoms with Crippen LogP contribution in [0, 0.1) is 12.3 Å². The van der Waals surface area contributed by atoms with Crippen molar-refractivity contribution in [1.29, 1.82) is 0 Å². The first kappa shape index (κ1) is 13.5. The summed E-state index contributed by atoms with van der Waals surface area (Å²) in [5, 5.41) is 0. The van der Waals surface area contributed by atoms with Gasteiger partial charge >= 0.3 is 0 Å². The number of rotatable bonds is 3. The van der Waals surface area contributed by atoms with Gasteiger partial charge in [-0.2, -0.15) is 0 Å². The zero-order valence-electron chi connectivity index (χ0n) is 12.6. The largest absolute Gasteiger partial charge is 0.294 e. The smallest absolute Gasteiger partial charge is 0.131 e. The van der Waals surface area contributed by atoms with Crippen LogP contribution < -0.4 is 0 Å². The summed E-state index contributed by atoms with van der Waals surface area (Å²) in [5.41, 5.74) is 4.79. The predicted molar refractivity (Wildman–Crippen MR) is 86.2 cm³/mol. The van der Waals surface area contributed by atoms with Crippen LogP contribution in [0.1, 0.15) is 47.0 Å². The average Bonchev–Trinajstić information content (AvgIpc) is 3.40. The first-order chi connectivity index (χ1) is 10.8. The van der Waals surface area contributed by atoms with E-state index in [4.69, 9.17) is 11.4 Å². The van der Waals surface area contributed by atoms with Gasteiger partial charge < -0.3 is 0 Å². The lowest BCUT2D eigenvalue weighted by Crippen LogP contribution is -2.31. The van der Waals surface area contributed by atoms with E-state index in [0.29, 0.717) is 5.92 Å². The summed E-state index contributed by atoms with van der Waals surface area (Å²) >= 11 is 0. The molecule has 2 aliphatic rings. The summed E-state index contributed by atoms with van der Waals surface area (Å²) in [7, 11) is 0. The lowest BCUT2D eigenvalue weighted by atomic mass is 10.1. The van der Waals surface area contributed by atoms with Gasteiger partial charge in [-0.25, -0.2) is 9.97 Å². The van der Waals surface area contributed by atoms with Crippen LogP contribution in [0.15, 0.2) is 30.5 Å². The van der Waals surface area contributed by atoms with Gasteiger partial charge in [0.2, 0.25) is 0 Å². The standard InChI is InChI=1S/C19H19N3/c1-2-14-3-5-15(6-4-14)12-22-10-9-18-17(13-22)11-20-19(21-18)16-7-8-16/h1,3-6,11,16H,7-10,12-13H2. The Morgan fingerprint density at radius 3 is 2.77 bits per heavy atom. The van der Waals surface area contributed by atoms with E-state index in [-0.39, 0.29) is 0 Å². The molecule has 1 saturated carbocycles. The lowest BCUT2D eigenvalue weighted by Gasteiger charge is -2.28. The Kier molecular flexibility index (Phi) is 3.40. The summed E-state index contributed by atoms with van der Waals surface area (Å²) in [4.78, 5) is 11.8. The number of benzene rings is 1. The summed E-state index contributed by atoms with van der Waals surface area (Å²) in [6, 6.07) is 8.27. The van der Waals surface area contributed by atoms with Gasteiger partial charge in [0, 0.05) is 55.0 Å². The molecule has 1 fully saturated rings. The van der Waals surface area contributed by atoms with E-state index >= 15 is 0 Å². The molecular weight excluding hydrogens is 270 g/mol. The zero-order valence-corrected chi connectivity index (χ0v) is 12.6. The van der Waals surface area contributed by atoms with E-state index in [2.05, 4.69) is 27.9 Å². The predicted octanol–water partition coefficient (Wildman–Crippen LogP) is 2.89. The van der Waals surface area contributed by atoms with Crippen LogP contribution in [-0.2, 0) is 19.5 Å². The molecule has 0 amide bonds. The molecule has 0 saturated heterocycles. The van der Waals surface area contributed by atoms with Gasteiger partial charge in [0.1, 0.15) is 5.82 Å². The van der Waals surface area contributed by atoms with Crippen LogP contribution in [-0.4, -0.2) is 21.4 Å². The Hall–Kier alpha value is -2.18. The number of hydrogen-bond donors (Lipinski definition) is 0. The van der Waals surface area contributed by atoms with Crippen molar-refractivity contribution < 1.29 is 0 Å². The summed E-state index contributed by atoms with van der Waals surface area (Å²) in [6.45, 7) is 2.96. The van der Waals surface area contributed by atoms with Crippen molar-refractivity contribution in [3.63, 3.8) is 0 Å². The van der Waals surface area contributed by atoms with Crippen molar-refractivity contribution in [2.24, 2.45) is 0 Å². The summed E-state index contributed by atoms with van der Waals surface area (Å²) < 4.78 is 0. The van der Waals surface area contributed by atoms with E-state index < -0.39 is 0 Å². The molecule has 0 bridgehead atoms. The highest BCUT2D eigenvalue weighted by Gasteiger charge is 2.28. The minimum atomic E-state index is 0.637. The van der Waals surface area contributed by atoms with Gasteiger partial charge in [-0.3, -0.25) is 4.90 Å². The van der Waals surface area contributed by atoms with E-state index in [1.54, 1.807) is 0 Å². The van der Waals surface area contributed by atoms with Crippen molar-refractivity contribution in [3.05, 3.63) is 58.7 Å². The van der Waals surface area contributed by atoms with E-state index in [1.165, 1.54) is 29.7 Å². The fraction of sp³-hybridized carbons (Fsp3) is 0.368. The Morgan fingerprint density at radius 1 is 1.23 bits per heavy atom. The van der Waals surface area contributed by atoms with Crippen LogP contribution >= 0.6 is 0 Å². The minimum Gasteiger partial charge on any atom is -0.294 e. The van der Waals surface area contributed by atoms with Gasteiger partial charge in [-0.15, -0.1) is 6.42 Å². The molecule has 0 spiro atoms. The first-order valence-electron chi connectivity index (χ1n) is 7.94. The Bertz CT molecular complexity index is 723. The summed E-state index contributed by atoms with van der Waals surface area (Å²) in [6.07, 6.45) is 11.0. The average molecular weight is 289 g/mol. The van der Waals surface area contributed by atoms with Crippen molar-refractivity contribution in [2.45, 2.75) is 38.3 Å². The van der Waals surface area contributed by atoms with Crippen LogP contribution in [0.3, 0.4) is 0 Å². The molecule has 3 nitrogen and oxygen atoms in total. The summed E-state index contributed by atoms with van der Waals surface area (Å²) in [5.74, 6) is 4.36. The van der Waals surface area contributed by atoms with Crippen molar-refractivity contribution in [2.75, 3.05) is 6.54 Å². The molecule has 1 aromatic heterocycles. The first-order valence-corrected chi connectivity index (χ1v) is 7.94. The number of fused-ring (bicyclic) bond motifs is 1. The molecule has 0 N–H and O–H groups in total. The second-order valence-corrected chi connectivity index (χ2v) is 6.28. The third kappa shape index (κ3) is 2.75. The second kappa shape index (κ2) is 5.55. The fourth-order valence-corrected chi connectivity index (χ4v) is 3.03. The van der Waals surface area contributed by atoms with Gasteiger partial charge in [-0.1, -0.05) is 18.1 Å². The lowest BCUT2D eigenvalue weighted by molar-refractivity contribution is 0.242. The fourth-order valence-electron chi connectivity index (χ4n) is 3.03. The van der Waals surface area contributed by atoms with Gasteiger partial charge in [0.25, 0.3) is 0 Å². The minimum absolute atomic E-state index is 0.637. The van der Waals surface area contributed by atoms with Crippen LogP contribution in [0.2, 0.25) is 0 Å². The SMILES string of the molecule is C#Cc1ccc(CN2CCc3nc(C4CC4)ncc3C2)cc1. The maximum absolute atomic E-state index is 5.40. The zero-order chi connectivity index (χ0) is 14.9. The van der Waals surface area contributed by atoms with Crippen LogP contribution in [0.25, 0.3) is 0 Å². The Morgan fingerprint density at radius 2 is 2.05 bits per heavy atom. The van der Waals surface area contributed by atoms with Crippen molar-refractivity contribution in [1.82, 2.24) is 14.9 Å². The number of hydrogen-bond acceptors (Lipinski definition) is 3. The molecule has 2 heterocycles. The highest BCUT2D eigenvalue weighted by atomic mass is 15.1. The van der Waals surface area contributed by atoms with Crippen LogP contribution in [0.5, 0.6) is 0 Å². The number of nitrogens with zero attached hydrogens (tertiary/aromatic N) is 3. The van der Waals surface area contributed by atoms with Crippen LogP contribution in [0.4, 0.5) is 0 Å². The van der Waals surface area contributed by atoms with Crippen molar-refractivity contribution in [3.8, 4) is 12.3 Å². The van der Waals surface area contributed by atoms with Gasteiger partial charge in [0.15, 0.2) is 0 Å². The molecule has 1 aromatic carbocycles. The van der Waals surface area contributed by atoms with E-state index in [0.717, 1.165) is 37.4 Å². The second-order valence-electron chi connectivity index (χ2n) is 6.28. The molecule has 110 valence electrons. The van der Waals surface area contributed by atoms with Gasteiger partial charge in [0.05, 0.1) is 0 Å².